The molecule has 0 aliphatic heterocycles. The Morgan fingerprint density at radius 1 is 1.69 bits per heavy atom. The molecule has 0 saturated carbocycles. The molecule has 2 N–H and O–H groups in total. The first kappa shape index (κ1) is 12.7. The van der Waals surface area contributed by atoms with Gasteiger partial charge in [-0.3, -0.25) is 4.79 Å². The van der Waals surface area contributed by atoms with E-state index in [0.29, 0.717) is 19.4 Å². The van der Waals surface area contributed by atoms with Crippen molar-refractivity contribution in [2.75, 3.05) is 6.61 Å². The third kappa shape index (κ3) is 4.02. The smallest absolute Gasteiger partial charge is 0.305 e. The number of ether oxygens (including phenoxy) is 1. The second kappa shape index (κ2) is 6.27. The number of rotatable bonds is 6. The van der Waals surface area contributed by atoms with Gasteiger partial charge < -0.3 is 15.0 Å². The van der Waals surface area contributed by atoms with Crippen LogP contribution in [0.15, 0.2) is 12.5 Å². The molecule has 1 aromatic heterocycles. The summed E-state index contributed by atoms with van der Waals surface area (Å²) in [4.78, 5) is 15.1. The van der Waals surface area contributed by atoms with Crippen molar-refractivity contribution in [2.45, 2.75) is 32.2 Å². The normalized spacial score (nSPS) is 12.4. The summed E-state index contributed by atoms with van der Waals surface area (Å²) in [5.74, 6) is -0.178. The van der Waals surface area contributed by atoms with Crippen molar-refractivity contribution >= 4 is 5.97 Å². The fraction of sp³-hybridized carbons (Fsp3) is 0.636. The highest BCUT2D eigenvalue weighted by Crippen LogP contribution is 2.05. The van der Waals surface area contributed by atoms with Gasteiger partial charge >= 0.3 is 5.97 Å². The lowest BCUT2D eigenvalue weighted by Crippen LogP contribution is -2.25. The van der Waals surface area contributed by atoms with Gasteiger partial charge in [0.05, 0.1) is 12.9 Å². The molecule has 5 nitrogen and oxygen atoms in total. The third-order valence-corrected chi connectivity index (χ3v) is 2.41. The fourth-order valence-electron chi connectivity index (χ4n) is 1.49. The maximum atomic E-state index is 11.1. The molecule has 16 heavy (non-hydrogen) atoms. The summed E-state index contributed by atoms with van der Waals surface area (Å²) in [7, 11) is 1.93. The quantitative estimate of drug-likeness (QED) is 0.721. The van der Waals surface area contributed by atoms with E-state index in [2.05, 4.69) is 4.98 Å². The van der Waals surface area contributed by atoms with E-state index in [1.165, 1.54) is 0 Å². The summed E-state index contributed by atoms with van der Waals surface area (Å²) in [5, 5.41) is 0. The Morgan fingerprint density at radius 2 is 2.44 bits per heavy atom. The van der Waals surface area contributed by atoms with Gasteiger partial charge in [-0.1, -0.05) is 0 Å². The second-order valence-electron chi connectivity index (χ2n) is 3.80. The molecule has 1 heterocycles. The number of hydrogen-bond acceptors (Lipinski definition) is 4. The van der Waals surface area contributed by atoms with Gasteiger partial charge in [-0.2, -0.15) is 0 Å². The molecule has 1 unspecified atom stereocenters. The molecule has 1 rings (SSSR count). The van der Waals surface area contributed by atoms with Gasteiger partial charge in [-0.05, 0) is 13.3 Å². The number of nitrogens with two attached hydrogens (primary N) is 1. The van der Waals surface area contributed by atoms with Gasteiger partial charge in [0, 0.05) is 37.8 Å². The van der Waals surface area contributed by atoms with E-state index in [-0.39, 0.29) is 12.0 Å². The summed E-state index contributed by atoms with van der Waals surface area (Å²) in [6.45, 7) is 2.23. The van der Waals surface area contributed by atoms with Crippen molar-refractivity contribution < 1.29 is 9.53 Å². The first-order chi connectivity index (χ1) is 7.63. The minimum Gasteiger partial charge on any atom is -0.466 e. The average Bonchev–Trinajstić information content (AvgIpc) is 2.62. The molecular formula is C11H19N3O2. The van der Waals surface area contributed by atoms with E-state index in [0.717, 1.165) is 12.1 Å². The van der Waals surface area contributed by atoms with E-state index < -0.39 is 0 Å². The van der Waals surface area contributed by atoms with Crippen LogP contribution in [0.25, 0.3) is 0 Å². The van der Waals surface area contributed by atoms with Crippen molar-refractivity contribution in [1.82, 2.24) is 9.55 Å². The lowest BCUT2D eigenvalue weighted by molar-refractivity contribution is -0.143. The van der Waals surface area contributed by atoms with Crippen molar-refractivity contribution in [3.8, 4) is 0 Å². The average molecular weight is 225 g/mol. The summed E-state index contributed by atoms with van der Waals surface area (Å²) in [5.41, 5.74) is 7.01. The molecule has 0 fully saturated rings. The number of carbonyl (C=O) groups is 1. The van der Waals surface area contributed by atoms with Crippen LogP contribution in [0.1, 0.15) is 25.5 Å². The Balaban J connectivity index is 2.28. The molecule has 1 aromatic rings. The largest absolute Gasteiger partial charge is 0.466 e. The van der Waals surface area contributed by atoms with Crippen LogP contribution in [0.5, 0.6) is 0 Å². The zero-order chi connectivity index (χ0) is 12.0. The predicted octanol–water partition coefficient (Wildman–Crippen LogP) is 0.633. The van der Waals surface area contributed by atoms with Gasteiger partial charge in [-0.15, -0.1) is 0 Å². The van der Waals surface area contributed by atoms with E-state index >= 15 is 0 Å². The number of aromatic nitrogens is 2. The fourth-order valence-corrected chi connectivity index (χ4v) is 1.49. The number of nitrogens with zero attached hydrogens (tertiary/aromatic N) is 2. The first-order valence-corrected chi connectivity index (χ1v) is 5.50. The van der Waals surface area contributed by atoms with Crippen LogP contribution in [-0.4, -0.2) is 28.2 Å². The molecular weight excluding hydrogens is 206 g/mol. The van der Waals surface area contributed by atoms with Crippen molar-refractivity contribution in [1.29, 1.82) is 0 Å². The van der Waals surface area contributed by atoms with Crippen LogP contribution < -0.4 is 5.73 Å². The molecule has 1 atom stereocenters. The lowest BCUT2D eigenvalue weighted by atomic mass is 10.1. The molecule has 0 aliphatic rings. The van der Waals surface area contributed by atoms with Crippen LogP contribution in [0, 0.1) is 0 Å². The number of aryl methyl sites for hydroxylation is 1. The Morgan fingerprint density at radius 3 is 3.00 bits per heavy atom. The zero-order valence-electron chi connectivity index (χ0n) is 9.85. The highest BCUT2D eigenvalue weighted by molar-refractivity contribution is 5.69. The van der Waals surface area contributed by atoms with Crippen LogP contribution in [0.3, 0.4) is 0 Å². The highest BCUT2D eigenvalue weighted by Gasteiger charge is 2.10. The number of esters is 1. The number of imidazole rings is 1. The molecule has 0 amide bonds. The van der Waals surface area contributed by atoms with Gasteiger partial charge in [0.1, 0.15) is 0 Å². The van der Waals surface area contributed by atoms with E-state index in [4.69, 9.17) is 10.5 Å². The van der Waals surface area contributed by atoms with Crippen LogP contribution >= 0.6 is 0 Å². The van der Waals surface area contributed by atoms with Crippen LogP contribution in [0.2, 0.25) is 0 Å². The van der Waals surface area contributed by atoms with Crippen molar-refractivity contribution in [3.05, 3.63) is 18.2 Å². The first-order valence-electron chi connectivity index (χ1n) is 5.50. The van der Waals surface area contributed by atoms with Crippen LogP contribution in [-0.2, 0) is 23.0 Å². The van der Waals surface area contributed by atoms with E-state index in [9.17, 15) is 4.79 Å². The predicted molar refractivity (Wildman–Crippen MR) is 60.8 cm³/mol. The Bertz CT molecular complexity index is 336. The summed E-state index contributed by atoms with van der Waals surface area (Å²) in [6.07, 6.45) is 5.30. The standard InChI is InChI=1S/C11H19N3O2/c1-3-16-11(15)5-4-9(12)6-10-7-13-8-14(10)2/h7-9H,3-6,12H2,1-2H3. The Hall–Kier alpha value is -1.36. The monoisotopic (exact) mass is 225 g/mol. The minimum absolute atomic E-state index is 0.0280. The molecule has 90 valence electrons. The minimum atomic E-state index is -0.178. The Labute approximate surface area is 95.6 Å². The molecule has 0 bridgehead atoms. The Kier molecular flexibility index (Phi) is 4.98. The van der Waals surface area contributed by atoms with E-state index in [1.54, 1.807) is 19.4 Å². The molecule has 0 saturated heterocycles. The molecule has 0 aromatic carbocycles. The second-order valence-corrected chi connectivity index (χ2v) is 3.80. The number of hydrogen-bond donors (Lipinski definition) is 1. The van der Waals surface area contributed by atoms with Gasteiger partial charge in [-0.25, -0.2) is 4.98 Å². The maximum absolute atomic E-state index is 11.1. The number of carbonyl (C=O) groups excluding carboxylic acids is 1. The van der Waals surface area contributed by atoms with Gasteiger partial charge in [0.25, 0.3) is 0 Å². The van der Waals surface area contributed by atoms with Crippen molar-refractivity contribution in [2.24, 2.45) is 12.8 Å². The highest BCUT2D eigenvalue weighted by atomic mass is 16.5. The summed E-state index contributed by atoms with van der Waals surface area (Å²) < 4.78 is 6.77. The molecule has 0 aliphatic carbocycles. The van der Waals surface area contributed by atoms with E-state index in [1.807, 2.05) is 11.6 Å². The zero-order valence-corrected chi connectivity index (χ0v) is 9.85. The van der Waals surface area contributed by atoms with Gasteiger partial charge in [0.2, 0.25) is 0 Å². The molecule has 5 heteroatoms. The summed E-state index contributed by atoms with van der Waals surface area (Å²) in [6, 6.07) is -0.0280. The van der Waals surface area contributed by atoms with Crippen molar-refractivity contribution in [3.63, 3.8) is 0 Å². The van der Waals surface area contributed by atoms with Crippen LogP contribution in [0.4, 0.5) is 0 Å². The third-order valence-electron chi connectivity index (χ3n) is 2.41. The molecule has 0 radical (unpaired) electrons. The lowest BCUT2D eigenvalue weighted by Gasteiger charge is -2.11. The maximum Gasteiger partial charge on any atom is 0.305 e. The molecule has 0 spiro atoms. The topological polar surface area (TPSA) is 70.1 Å². The van der Waals surface area contributed by atoms with Gasteiger partial charge in [0.15, 0.2) is 0 Å². The SMILES string of the molecule is CCOC(=O)CCC(N)Cc1cncn1C. The summed E-state index contributed by atoms with van der Waals surface area (Å²) >= 11 is 0.